The van der Waals surface area contributed by atoms with Crippen molar-refractivity contribution in [2.24, 2.45) is 0 Å². The molecule has 0 aliphatic carbocycles. The van der Waals surface area contributed by atoms with E-state index in [1.54, 1.807) is 12.1 Å². The van der Waals surface area contributed by atoms with Gasteiger partial charge in [0.05, 0.1) is 5.56 Å². The van der Waals surface area contributed by atoms with Gasteiger partial charge in [-0.1, -0.05) is 6.07 Å². The fourth-order valence-electron chi connectivity index (χ4n) is 1.87. The zero-order chi connectivity index (χ0) is 16.5. The number of aromatic carboxylic acids is 1. The topological polar surface area (TPSA) is 83.5 Å². The van der Waals surface area contributed by atoms with Crippen LogP contribution in [0.1, 0.15) is 21.5 Å². The first kappa shape index (κ1) is 16.5. The summed E-state index contributed by atoms with van der Waals surface area (Å²) < 4.78 is 27.5. The van der Waals surface area contributed by atoms with Crippen molar-refractivity contribution >= 4 is 37.6 Å². The van der Waals surface area contributed by atoms with Crippen molar-refractivity contribution in [3.05, 3.63) is 57.6 Å². The molecule has 0 saturated carbocycles. The molecule has 0 spiro atoms. The van der Waals surface area contributed by atoms with Gasteiger partial charge in [0.1, 0.15) is 4.90 Å². The molecule has 0 aromatic heterocycles. The van der Waals surface area contributed by atoms with E-state index in [0.717, 1.165) is 11.1 Å². The summed E-state index contributed by atoms with van der Waals surface area (Å²) in [6.45, 7) is 3.83. The first-order valence-electron chi connectivity index (χ1n) is 6.33. The lowest BCUT2D eigenvalue weighted by Gasteiger charge is -2.11. The van der Waals surface area contributed by atoms with Crippen LogP contribution in [0.15, 0.2) is 45.8 Å². The molecule has 0 saturated heterocycles. The van der Waals surface area contributed by atoms with Crippen LogP contribution in [0.2, 0.25) is 0 Å². The molecular formula is C15H14BrNO4S. The Bertz CT molecular complexity index is 847. The van der Waals surface area contributed by atoms with Gasteiger partial charge < -0.3 is 5.11 Å². The third-order valence-corrected chi connectivity index (χ3v) is 5.59. The number of sulfonamides is 1. The van der Waals surface area contributed by atoms with E-state index in [9.17, 15) is 13.2 Å². The van der Waals surface area contributed by atoms with Crippen LogP contribution in [0.3, 0.4) is 0 Å². The summed E-state index contributed by atoms with van der Waals surface area (Å²) in [7, 11) is -3.81. The summed E-state index contributed by atoms with van der Waals surface area (Å²) in [5.74, 6) is -1.12. The van der Waals surface area contributed by atoms with Gasteiger partial charge in [-0.3, -0.25) is 4.72 Å². The summed E-state index contributed by atoms with van der Waals surface area (Å²) in [6.07, 6.45) is 0. The first-order chi connectivity index (χ1) is 10.2. The molecule has 0 amide bonds. The summed E-state index contributed by atoms with van der Waals surface area (Å²) in [5, 5.41) is 8.91. The maximum atomic E-state index is 12.4. The summed E-state index contributed by atoms with van der Waals surface area (Å²) in [5.41, 5.74) is 2.50. The van der Waals surface area contributed by atoms with Crippen molar-refractivity contribution < 1.29 is 18.3 Å². The predicted octanol–water partition coefficient (Wildman–Crippen LogP) is 3.56. The van der Waals surface area contributed by atoms with E-state index in [1.165, 1.54) is 18.2 Å². The van der Waals surface area contributed by atoms with Gasteiger partial charge in [-0.15, -0.1) is 0 Å². The Balaban J connectivity index is 2.38. The number of nitrogens with one attached hydrogen (secondary N) is 1. The zero-order valence-corrected chi connectivity index (χ0v) is 14.3. The Morgan fingerprint density at radius 1 is 1.09 bits per heavy atom. The van der Waals surface area contributed by atoms with E-state index in [4.69, 9.17) is 5.11 Å². The quantitative estimate of drug-likeness (QED) is 0.844. The van der Waals surface area contributed by atoms with Crippen LogP contribution in [0.25, 0.3) is 0 Å². The second-order valence-corrected chi connectivity index (χ2v) is 7.36. The Labute approximate surface area is 137 Å². The Hall–Kier alpha value is -1.86. The average Bonchev–Trinajstić information content (AvgIpc) is 2.42. The minimum Gasteiger partial charge on any atom is -0.478 e. The van der Waals surface area contributed by atoms with Crippen molar-refractivity contribution in [2.45, 2.75) is 18.7 Å². The molecule has 0 bridgehead atoms. The van der Waals surface area contributed by atoms with Gasteiger partial charge in [0.25, 0.3) is 10.0 Å². The predicted molar refractivity (Wildman–Crippen MR) is 87.8 cm³/mol. The van der Waals surface area contributed by atoms with Crippen molar-refractivity contribution in [1.82, 2.24) is 0 Å². The van der Waals surface area contributed by atoms with Gasteiger partial charge in [-0.2, -0.15) is 0 Å². The van der Waals surface area contributed by atoms with E-state index < -0.39 is 16.0 Å². The minimum absolute atomic E-state index is 0.0111. The van der Waals surface area contributed by atoms with Gasteiger partial charge in [0.2, 0.25) is 0 Å². The highest BCUT2D eigenvalue weighted by atomic mass is 79.9. The molecule has 2 aromatic carbocycles. The Morgan fingerprint density at radius 3 is 2.32 bits per heavy atom. The number of halogens is 1. The van der Waals surface area contributed by atoms with Crippen LogP contribution >= 0.6 is 15.9 Å². The SMILES string of the molecule is Cc1ccc(NS(=O)(=O)c2ccc(C(=O)O)cc2Br)cc1C. The third-order valence-electron chi connectivity index (χ3n) is 3.23. The van der Waals surface area contributed by atoms with E-state index >= 15 is 0 Å². The number of rotatable bonds is 4. The van der Waals surface area contributed by atoms with Gasteiger partial charge in [0.15, 0.2) is 0 Å². The highest BCUT2D eigenvalue weighted by Gasteiger charge is 2.19. The average molecular weight is 384 g/mol. The number of anilines is 1. The molecule has 2 aromatic rings. The van der Waals surface area contributed by atoms with Crippen LogP contribution in [0.5, 0.6) is 0 Å². The van der Waals surface area contributed by atoms with E-state index in [-0.39, 0.29) is 14.9 Å². The lowest BCUT2D eigenvalue weighted by molar-refractivity contribution is 0.0696. The number of carboxylic acid groups (broad SMARTS) is 1. The van der Waals surface area contributed by atoms with Crippen molar-refractivity contribution in [3.63, 3.8) is 0 Å². The molecule has 0 heterocycles. The van der Waals surface area contributed by atoms with Crippen molar-refractivity contribution in [1.29, 1.82) is 0 Å². The zero-order valence-electron chi connectivity index (χ0n) is 11.9. The van der Waals surface area contributed by atoms with E-state index in [1.807, 2.05) is 19.9 Å². The Kier molecular flexibility index (Phi) is 4.58. The molecule has 0 fully saturated rings. The normalized spacial score (nSPS) is 11.2. The lowest BCUT2D eigenvalue weighted by Crippen LogP contribution is -2.14. The van der Waals surface area contributed by atoms with Crippen LogP contribution in [0, 0.1) is 13.8 Å². The van der Waals surface area contributed by atoms with Gasteiger partial charge >= 0.3 is 5.97 Å². The van der Waals surface area contributed by atoms with Gasteiger partial charge in [0, 0.05) is 10.2 Å². The van der Waals surface area contributed by atoms with Crippen LogP contribution < -0.4 is 4.72 Å². The largest absolute Gasteiger partial charge is 0.478 e. The second kappa shape index (κ2) is 6.10. The third kappa shape index (κ3) is 3.48. The summed E-state index contributed by atoms with van der Waals surface area (Å²) in [4.78, 5) is 10.9. The molecular weight excluding hydrogens is 370 g/mol. The fraction of sp³-hybridized carbons (Fsp3) is 0.133. The van der Waals surface area contributed by atoms with Crippen LogP contribution in [-0.4, -0.2) is 19.5 Å². The molecule has 0 aliphatic heterocycles. The maximum absolute atomic E-state index is 12.4. The number of hydrogen-bond acceptors (Lipinski definition) is 3. The summed E-state index contributed by atoms with van der Waals surface area (Å²) in [6, 6.07) is 9.03. The molecule has 0 unspecified atom stereocenters. The second-order valence-electron chi connectivity index (χ2n) is 4.85. The molecule has 116 valence electrons. The molecule has 5 nitrogen and oxygen atoms in total. The number of aryl methyl sites for hydroxylation is 2. The highest BCUT2D eigenvalue weighted by molar-refractivity contribution is 9.10. The standard InChI is InChI=1S/C15H14BrNO4S/c1-9-3-5-12(7-10(9)2)17-22(20,21)14-6-4-11(15(18)19)8-13(14)16/h3-8,17H,1-2H3,(H,18,19). The Morgan fingerprint density at radius 2 is 1.77 bits per heavy atom. The number of hydrogen-bond donors (Lipinski definition) is 2. The smallest absolute Gasteiger partial charge is 0.335 e. The number of benzene rings is 2. The maximum Gasteiger partial charge on any atom is 0.335 e. The molecule has 0 aliphatic rings. The van der Waals surface area contributed by atoms with E-state index in [2.05, 4.69) is 20.7 Å². The van der Waals surface area contributed by atoms with Gasteiger partial charge in [-0.25, -0.2) is 13.2 Å². The first-order valence-corrected chi connectivity index (χ1v) is 8.61. The van der Waals surface area contributed by atoms with Crippen molar-refractivity contribution in [3.8, 4) is 0 Å². The van der Waals surface area contributed by atoms with Gasteiger partial charge in [-0.05, 0) is 71.2 Å². The van der Waals surface area contributed by atoms with Crippen LogP contribution in [-0.2, 0) is 10.0 Å². The molecule has 7 heteroatoms. The molecule has 0 radical (unpaired) electrons. The molecule has 22 heavy (non-hydrogen) atoms. The summed E-state index contributed by atoms with van der Waals surface area (Å²) >= 11 is 3.11. The number of carboxylic acids is 1. The fourth-order valence-corrected chi connectivity index (χ4v) is 4.00. The van der Waals surface area contributed by atoms with Crippen LogP contribution in [0.4, 0.5) is 5.69 Å². The minimum atomic E-state index is -3.81. The molecule has 2 rings (SSSR count). The monoisotopic (exact) mass is 383 g/mol. The highest BCUT2D eigenvalue weighted by Crippen LogP contribution is 2.26. The molecule has 0 atom stereocenters. The van der Waals surface area contributed by atoms with Crippen molar-refractivity contribution in [2.75, 3.05) is 4.72 Å². The molecule has 2 N–H and O–H groups in total. The number of carbonyl (C=O) groups is 1. The lowest BCUT2D eigenvalue weighted by atomic mass is 10.1. The van der Waals surface area contributed by atoms with E-state index in [0.29, 0.717) is 5.69 Å².